The number of carbonyl (C=O) groups is 1. The number of hydrogen-bond donors (Lipinski definition) is 0. The lowest BCUT2D eigenvalue weighted by molar-refractivity contribution is -0.183. The molecule has 0 radical (unpaired) electrons. The summed E-state index contributed by atoms with van der Waals surface area (Å²) >= 11 is 0. The minimum Gasteiger partial charge on any atom is -0.330 e. The summed E-state index contributed by atoms with van der Waals surface area (Å²) in [6, 6.07) is 10.4. The molecule has 9 heteroatoms. The van der Waals surface area contributed by atoms with Gasteiger partial charge in [0.1, 0.15) is 17.7 Å². The molecule has 7 nitrogen and oxygen atoms in total. The third-order valence-electron chi connectivity index (χ3n) is 7.04. The molecule has 0 N–H and O–H groups in total. The van der Waals surface area contributed by atoms with Crippen LogP contribution in [0.15, 0.2) is 36.7 Å². The Balaban J connectivity index is 1.24. The van der Waals surface area contributed by atoms with E-state index < -0.39 is 17.7 Å². The van der Waals surface area contributed by atoms with Crippen LogP contribution in [0.5, 0.6) is 0 Å². The van der Waals surface area contributed by atoms with Crippen molar-refractivity contribution in [1.29, 1.82) is 10.5 Å². The Morgan fingerprint density at radius 1 is 1.06 bits per heavy atom. The standard InChI is InChI=1S/C26H23F2N5O2/c27-21-8-17(12-29)7-19(9-21)24-5-6-35-33(24)26(34)18-3-1-16(2-4-18)14-32-15-31-23-11-22(28)20(13-30)10-25(23)32/h7-11,15-16,18,24H,1-6,14H2/t16?,18?,24-/m0/s1. The van der Waals surface area contributed by atoms with Crippen LogP contribution in [0.2, 0.25) is 0 Å². The van der Waals surface area contributed by atoms with Gasteiger partial charge in [0, 0.05) is 24.9 Å². The molecular formula is C26H23F2N5O2. The first kappa shape index (κ1) is 22.9. The lowest BCUT2D eigenvalue weighted by Crippen LogP contribution is -2.37. The average Bonchev–Trinajstić information content (AvgIpc) is 3.50. The molecule has 178 valence electrons. The summed E-state index contributed by atoms with van der Waals surface area (Å²) in [6.07, 6.45) is 5.29. The van der Waals surface area contributed by atoms with Crippen molar-refractivity contribution in [2.75, 3.05) is 6.61 Å². The molecule has 1 saturated heterocycles. The van der Waals surface area contributed by atoms with Gasteiger partial charge in [-0.25, -0.2) is 18.8 Å². The number of rotatable bonds is 4. The zero-order valence-electron chi connectivity index (χ0n) is 19.0. The van der Waals surface area contributed by atoms with Gasteiger partial charge in [0.15, 0.2) is 0 Å². The third-order valence-corrected chi connectivity index (χ3v) is 7.04. The second-order valence-electron chi connectivity index (χ2n) is 9.23. The minimum atomic E-state index is -0.575. The van der Waals surface area contributed by atoms with Crippen LogP contribution < -0.4 is 0 Å². The molecule has 5 rings (SSSR count). The van der Waals surface area contributed by atoms with Gasteiger partial charge >= 0.3 is 0 Å². The van der Waals surface area contributed by atoms with E-state index in [-0.39, 0.29) is 23.0 Å². The van der Waals surface area contributed by atoms with E-state index in [0.29, 0.717) is 49.4 Å². The fourth-order valence-electron chi connectivity index (χ4n) is 5.22. The highest BCUT2D eigenvalue weighted by Crippen LogP contribution is 2.37. The zero-order valence-corrected chi connectivity index (χ0v) is 19.0. The summed E-state index contributed by atoms with van der Waals surface area (Å²) < 4.78 is 29.8. The van der Waals surface area contributed by atoms with Crippen LogP contribution in [0.4, 0.5) is 8.78 Å². The largest absolute Gasteiger partial charge is 0.330 e. The number of benzene rings is 2. The Bertz CT molecular complexity index is 1360. The number of hydroxylamine groups is 2. The molecule has 2 aliphatic rings. The van der Waals surface area contributed by atoms with Crippen LogP contribution in [0, 0.1) is 46.1 Å². The van der Waals surface area contributed by atoms with E-state index in [1.807, 2.05) is 16.7 Å². The summed E-state index contributed by atoms with van der Waals surface area (Å²) in [6.45, 7) is 1.04. The lowest BCUT2D eigenvalue weighted by Gasteiger charge is -2.32. The Labute approximate surface area is 201 Å². The van der Waals surface area contributed by atoms with Crippen LogP contribution in [0.25, 0.3) is 11.0 Å². The van der Waals surface area contributed by atoms with Crippen molar-refractivity contribution >= 4 is 16.9 Å². The highest BCUT2D eigenvalue weighted by atomic mass is 19.1. The molecule has 0 bridgehead atoms. The van der Waals surface area contributed by atoms with Crippen LogP contribution in [0.1, 0.15) is 54.8 Å². The number of aromatic nitrogens is 2. The summed E-state index contributed by atoms with van der Waals surface area (Å²) in [5.74, 6) is -1.04. The van der Waals surface area contributed by atoms with E-state index in [2.05, 4.69) is 4.98 Å². The molecule has 0 unspecified atom stereocenters. The Kier molecular flexibility index (Phi) is 6.19. The Morgan fingerprint density at radius 2 is 1.86 bits per heavy atom. The summed E-state index contributed by atoms with van der Waals surface area (Å²) in [5.41, 5.74) is 2.02. The number of nitrogens with zero attached hydrogens (tertiary/aromatic N) is 5. The number of halogens is 2. The van der Waals surface area contributed by atoms with Crippen molar-refractivity contribution in [1.82, 2.24) is 14.6 Å². The molecule has 2 aromatic carbocycles. The smallest absolute Gasteiger partial charge is 0.249 e. The van der Waals surface area contributed by atoms with Gasteiger partial charge in [-0.05, 0) is 61.4 Å². The van der Waals surface area contributed by atoms with Gasteiger partial charge < -0.3 is 4.57 Å². The molecule has 1 amide bonds. The molecule has 3 aromatic rings. The van der Waals surface area contributed by atoms with E-state index in [0.717, 1.165) is 18.4 Å². The summed E-state index contributed by atoms with van der Waals surface area (Å²) in [4.78, 5) is 23.2. The van der Waals surface area contributed by atoms with Crippen LogP contribution in [-0.4, -0.2) is 27.1 Å². The van der Waals surface area contributed by atoms with E-state index in [1.54, 1.807) is 12.4 Å². The zero-order chi connectivity index (χ0) is 24.5. The summed E-state index contributed by atoms with van der Waals surface area (Å²) in [7, 11) is 0. The highest BCUT2D eigenvalue weighted by Gasteiger charge is 2.37. The van der Waals surface area contributed by atoms with Gasteiger partial charge in [0.2, 0.25) is 5.91 Å². The fraction of sp³-hybridized carbons (Fsp3) is 0.385. The lowest BCUT2D eigenvalue weighted by atomic mass is 9.81. The minimum absolute atomic E-state index is 0.00564. The van der Waals surface area contributed by atoms with Gasteiger partial charge in [-0.3, -0.25) is 9.63 Å². The fourth-order valence-corrected chi connectivity index (χ4v) is 5.22. The van der Waals surface area contributed by atoms with Crippen LogP contribution in [-0.2, 0) is 16.2 Å². The van der Waals surface area contributed by atoms with Crippen molar-refractivity contribution in [3.8, 4) is 12.1 Å². The first-order valence-corrected chi connectivity index (χ1v) is 11.7. The SMILES string of the molecule is N#Cc1cc(F)cc([C@@H]2CCON2C(=O)C2CCC(Cn3cnc4cc(F)c(C#N)cc43)CC2)c1. The van der Waals surface area contributed by atoms with Gasteiger partial charge in [-0.2, -0.15) is 10.5 Å². The molecule has 0 spiro atoms. The number of imidazole rings is 1. The van der Waals surface area contributed by atoms with Gasteiger partial charge in [-0.15, -0.1) is 0 Å². The maximum absolute atomic E-state index is 14.0. The first-order valence-electron chi connectivity index (χ1n) is 11.7. The second kappa shape index (κ2) is 9.44. The van der Waals surface area contributed by atoms with Gasteiger partial charge in [0.25, 0.3) is 0 Å². The number of hydrogen-bond acceptors (Lipinski definition) is 5. The molecule has 35 heavy (non-hydrogen) atoms. The molecule has 1 aromatic heterocycles. The Hall–Kier alpha value is -3.82. The van der Waals surface area contributed by atoms with Crippen LogP contribution >= 0.6 is 0 Å². The third kappa shape index (κ3) is 4.48. The van der Waals surface area contributed by atoms with E-state index in [1.165, 1.54) is 29.3 Å². The molecular weight excluding hydrogens is 452 g/mol. The number of nitriles is 2. The molecule has 2 heterocycles. The van der Waals surface area contributed by atoms with Gasteiger partial charge in [-0.1, -0.05) is 0 Å². The first-order chi connectivity index (χ1) is 17.0. The van der Waals surface area contributed by atoms with Crippen molar-refractivity contribution < 1.29 is 18.4 Å². The van der Waals surface area contributed by atoms with Crippen molar-refractivity contribution in [2.45, 2.75) is 44.7 Å². The number of amides is 1. The predicted molar refractivity (Wildman–Crippen MR) is 121 cm³/mol. The second-order valence-corrected chi connectivity index (χ2v) is 9.23. The normalized spacial score (nSPS) is 22.2. The maximum atomic E-state index is 14.0. The quantitative estimate of drug-likeness (QED) is 0.542. The highest BCUT2D eigenvalue weighted by molar-refractivity contribution is 5.79. The monoisotopic (exact) mass is 475 g/mol. The molecule has 1 aliphatic carbocycles. The predicted octanol–water partition coefficient (Wildman–Crippen LogP) is 4.77. The van der Waals surface area contributed by atoms with Crippen molar-refractivity contribution in [3.05, 3.63) is 65.0 Å². The maximum Gasteiger partial charge on any atom is 0.249 e. The molecule has 1 saturated carbocycles. The summed E-state index contributed by atoms with van der Waals surface area (Å²) in [5, 5.41) is 19.7. The van der Waals surface area contributed by atoms with Gasteiger partial charge in [0.05, 0.1) is 47.2 Å². The van der Waals surface area contributed by atoms with Crippen LogP contribution in [0.3, 0.4) is 0 Å². The van der Waals surface area contributed by atoms with E-state index >= 15 is 0 Å². The Morgan fingerprint density at radius 3 is 2.60 bits per heavy atom. The molecule has 1 atom stereocenters. The molecule has 1 aliphatic heterocycles. The topological polar surface area (TPSA) is 94.9 Å². The average molecular weight is 475 g/mol. The van der Waals surface area contributed by atoms with Crippen molar-refractivity contribution in [2.24, 2.45) is 11.8 Å². The molecule has 2 fully saturated rings. The van der Waals surface area contributed by atoms with E-state index in [4.69, 9.17) is 15.4 Å². The number of fused-ring (bicyclic) bond motifs is 1. The number of carbonyl (C=O) groups excluding carboxylic acids is 1. The van der Waals surface area contributed by atoms with Crippen molar-refractivity contribution in [3.63, 3.8) is 0 Å². The van der Waals surface area contributed by atoms with E-state index in [9.17, 15) is 13.6 Å².